The molecule has 0 saturated carbocycles. The fourth-order valence-electron chi connectivity index (χ4n) is 1.69. The first-order valence-corrected chi connectivity index (χ1v) is 5.03. The molecule has 0 amide bonds. The number of nitrogens with zero attached hydrogens (tertiary/aromatic N) is 2. The maximum atomic E-state index is 4.30. The van der Waals surface area contributed by atoms with E-state index in [4.69, 9.17) is 0 Å². The maximum absolute atomic E-state index is 4.30. The maximum Gasteiger partial charge on any atom is 0.0547 e. The molecule has 0 aliphatic carbocycles. The van der Waals surface area contributed by atoms with Crippen molar-refractivity contribution in [3.8, 4) is 0 Å². The third kappa shape index (κ3) is 1.44. The van der Waals surface area contributed by atoms with Gasteiger partial charge in [0.25, 0.3) is 0 Å². The molecular weight excluding hydrogens is 156 g/mol. The summed E-state index contributed by atoms with van der Waals surface area (Å²) >= 11 is 1.95. The van der Waals surface area contributed by atoms with Crippen molar-refractivity contribution in [2.75, 3.05) is 26.7 Å². The van der Waals surface area contributed by atoms with Crippen LogP contribution in [0.25, 0.3) is 0 Å². The lowest BCUT2D eigenvalue weighted by Crippen LogP contribution is -2.41. The van der Waals surface area contributed by atoms with Crippen LogP contribution < -0.4 is 0 Å². The molecule has 0 N–H and O–H groups in total. The topological polar surface area (TPSA) is 15.6 Å². The van der Waals surface area contributed by atoms with Crippen LogP contribution in [0.2, 0.25) is 0 Å². The lowest BCUT2D eigenvalue weighted by Gasteiger charge is -2.35. The highest BCUT2D eigenvalue weighted by Gasteiger charge is 2.35. The Balaban J connectivity index is 1.96. The van der Waals surface area contributed by atoms with Gasteiger partial charge < -0.3 is 4.90 Å². The third-order valence-corrected chi connectivity index (χ3v) is 3.95. The molecule has 0 aromatic heterocycles. The standard InChI is InChI=1S/C8H14N2S/c1-10-4-2-8(3-5-10)6-9-7-11-8/h7H,2-6H2,1H3. The highest BCUT2D eigenvalue weighted by molar-refractivity contribution is 8.13. The van der Waals surface area contributed by atoms with E-state index in [0.29, 0.717) is 4.75 Å². The summed E-state index contributed by atoms with van der Waals surface area (Å²) in [5, 5.41) is 0. The van der Waals surface area contributed by atoms with Crippen LogP contribution in [0.4, 0.5) is 0 Å². The molecule has 0 unspecified atom stereocenters. The normalized spacial score (nSPS) is 29.9. The summed E-state index contributed by atoms with van der Waals surface area (Å²) in [6, 6.07) is 0. The molecule has 0 aromatic rings. The van der Waals surface area contributed by atoms with Gasteiger partial charge in [-0.05, 0) is 33.0 Å². The zero-order valence-electron chi connectivity index (χ0n) is 6.92. The van der Waals surface area contributed by atoms with Gasteiger partial charge in [0.1, 0.15) is 0 Å². The Morgan fingerprint density at radius 3 is 2.73 bits per heavy atom. The second kappa shape index (κ2) is 2.79. The highest BCUT2D eigenvalue weighted by atomic mass is 32.2. The molecule has 2 heterocycles. The van der Waals surface area contributed by atoms with Crippen LogP contribution in [0.1, 0.15) is 12.8 Å². The molecule has 2 aliphatic rings. The second-order valence-electron chi connectivity index (χ2n) is 3.55. The van der Waals surface area contributed by atoms with Crippen molar-refractivity contribution >= 4 is 17.3 Å². The molecular formula is C8H14N2S. The summed E-state index contributed by atoms with van der Waals surface area (Å²) in [5.41, 5.74) is 2.03. The lowest BCUT2D eigenvalue weighted by atomic mass is 9.96. The Hall–Kier alpha value is -0.0200. The number of aliphatic imine (C=N–C) groups is 1. The van der Waals surface area contributed by atoms with E-state index in [9.17, 15) is 0 Å². The zero-order chi connectivity index (χ0) is 7.73. The number of hydrogen-bond donors (Lipinski definition) is 0. The molecule has 1 saturated heterocycles. The first-order valence-electron chi connectivity index (χ1n) is 4.15. The number of hydrogen-bond acceptors (Lipinski definition) is 3. The van der Waals surface area contributed by atoms with Gasteiger partial charge in [0, 0.05) is 4.75 Å². The van der Waals surface area contributed by atoms with Crippen molar-refractivity contribution in [1.29, 1.82) is 0 Å². The predicted molar refractivity (Wildman–Crippen MR) is 50.4 cm³/mol. The van der Waals surface area contributed by atoms with E-state index >= 15 is 0 Å². The summed E-state index contributed by atoms with van der Waals surface area (Å²) in [5.74, 6) is 0. The third-order valence-electron chi connectivity index (χ3n) is 2.65. The van der Waals surface area contributed by atoms with Gasteiger partial charge in [-0.15, -0.1) is 11.8 Å². The van der Waals surface area contributed by atoms with Crippen LogP contribution in [0.5, 0.6) is 0 Å². The Morgan fingerprint density at radius 2 is 2.18 bits per heavy atom. The Morgan fingerprint density at radius 1 is 1.45 bits per heavy atom. The van der Waals surface area contributed by atoms with E-state index < -0.39 is 0 Å². The first-order chi connectivity index (χ1) is 5.31. The summed E-state index contributed by atoms with van der Waals surface area (Å²) in [6.45, 7) is 3.55. The number of likely N-dealkylation sites (tertiary alicyclic amines) is 1. The molecule has 2 nitrogen and oxygen atoms in total. The van der Waals surface area contributed by atoms with Gasteiger partial charge in [0.05, 0.1) is 12.1 Å². The zero-order valence-corrected chi connectivity index (χ0v) is 7.73. The molecule has 0 aromatic carbocycles. The minimum Gasteiger partial charge on any atom is -0.306 e. The predicted octanol–water partition coefficient (Wildman–Crippen LogP) is 1.23. The molecule has 0 radical (unpaired) electrons. The number of rotatable bonds is 0. The molecule has 0 atom stereocenters. The van der Waals surface area contributed by atoms with Gasteiger partial charge >= 0.3 is 0 Å². The molecule has 62 valence electrons. The second-order valence-corrected chi connectivity index (χ2v) is 4.86. The smallest absolute Gasteiger partial charge is 0.0547 e. The minimum absolute atomic E-state index is 0.506. The molecule has 1 fully saturated rings. The van der Waals surface area contributed by atoms with Crippen molar-refractivity contribution < 1.29 is 0 Å². The summed E-state index contributed by atoms with van der Waals surface area (Å²) < 4.78 is 0.506. The van der Waals surface area contributed by atoms with Crippen molar-refractivity contribution in [1.82, 2.24) is 4.90 Å². The van der Waals surface area contributed by atoms with Gasteiger partial charge in [0.2, 0.25) is 0 Å². The molecule has 3 heteroatoms. The van der Waals surface area contributed by atoms with E-state index in [1.807, 2.05) is 17.3 Å². The van der Waals surface area contributed by atoms with E-state index in [1.54, 1.807) is 0 Å². The van der Waals surface area contributed by atoms with Gasteiger partial charge in [-0.3, -0.25) is 4.99 Å². The van der Waals surface area contributed by atoms with Crippen LogP contribution >= 0.6 is 11.8 Å². The Bertz CT molecular complexity index is 161. The van der Waals surface area contributed by atoms with Gasteiger partial charge in [-0.25, -0.2) is 0 Å². The monoisotopic (exact) mass is 170 g/mol. The highest BCUT2D eigenvalue weighted by Crippen LogP contribution is 2.38. The average Bonchev–Trinajstić information content (AvgIpc) is 2.45. The molecule has 1 spiro atoms. The fraction of sp³-hybridized carbons (Fsp3) is 0.875. The van der Waals surface area contributed by atoms with E-state index in [0.717, 1.165) is 6.54 Å². The summed E-state index contributed by atoms with van der Waals surface area (Å²) in [6.07, 6.45) is 2.63. The van der Waals surface area contributed by atoms with E-state index in [-0.39, 0.29) is 0 Å². The van der Waals surface area contributed by atoms with E-state index in [2.05, 4.69) is 16.9 Å². The van der Waals surface area contributed by atoms with Crippen LogP contribution in [-0.4, -0.2) is 41.9 Å². The summed E-state index contributed by atoms with van der Waals surface area (Å²) in [4.78, 5) is 6.71. The SMILES string of the molecule is CN1CCC2(CC1)CN=CS2. The van der Waals surface area contributed by atoms with Crippen LogP contribution in [0.15, 0.2) is 4.99 Å². The van der Waals surface area contributed by atoms with Crippen molar-refractivity contribution in [2.24, 2.45) is 4.99 Å². The largest absolute Gasteiger partial charge is 0.306 e. The molecule has 2 rings (SSSR count). The minimum atomic E-state index is 0.506. The van der Waals surface area contributed by atoms with Gasteiger partial charge in [0.15, 0.2) is 0 Å². The van der Waals surface area contributed by atoms with Crippen molar-refractivity contribution in [2.45, 2.75) is 17.6 Å². The number of thioether (sulfide) groups is 1. The van der Waals surface area contributed by atoms with Crippen LogP contribution in [0.3, 0.4) is 0 Å². The Kier molecular flexibility index (Phi) is 1.93. The molecule has 0 bridgehead atoms. The lowest BCUT2D eigenvalue weighted by molar-refractivity contribution is 0.244. The van der Waals surface area contributed by atoms with Gasteiger partial charge in [-0.1, -0.05) is 0 Å². The molecule has 11 heavy (non-hydrogen) atoms. The van der Waals surface area contributed by atoms with Crippen molar-refractivity contribution in [3.63, 3.8) is 0 Å². The van der Waals surface area contributed by atoms with Crippen molar-refractivity contribution in [3.05, 3.63) is 0 Å². The first kappa shape index (κ1) is 7.62. The average molecular weight is 170 g/mol. The Labute approximate surface area is 72.1 Å². The fourth-order valence-corrected chi connectivity index (χ4v) is 2.63. The quantitative estimate of drug-likeness (QED) is 0.543. The summed E-state index contributed by atoms with van der Waals surface area (Å²) in [7, 11) is 2.20. The molecule has 2 aliphatic heterocycles. The van der Waals surface area contributed by atoms with E-state index in [1.165, 1.54) is 25.9 Å². The number of piperidine rings is 1. The van der Waals surface area contributed by atoms with Gasteiger partial charge in [-0.2, -0.15) is 0 Å². The van der Waals surface area contributed by atoms with Crippen LogP contribution in [0, 0.1) is 0 Å². The van der Waals surface area contributed by atoms with Crippen LogP contribution in [-0.2, 0) is 0 Å².